The maximum Gasteiger partial charge on any atom is 0.244 e. The van der Waals surface area contributed by atoms with E-state index >= 15 is 0 Å². The van der Waals surface area contributed by atoms with Crippen LogP contribution in [0.5, 0.6) is 0 Å². The van der Waals surface area contributed by atoms with Gasteiger partial charge in [-0.3, -0.25) is 0 Å². The molecule has 1 aromatic carbocycles. The number of benzene rings is 1. The van der Waals surface area contributed by atoms with E-state index in [2.05, 4.69) is 15.9 Å². The van der Waals surface area contributed by atoms with Gasteiger partial charge in [-0.1, -0.05) is 0 Å². The Morgan fingerprint density at radius 1 is 1.53 bits per heavy atom. The van der Waals surface area contributed by atoms with E-state index < -0.39 is 21.9 Å². The first-order valence-electron chi connectivity index (χ1n) is 5.41. The minimum Gasteiger partial charge on any atom is -0.377 e. The van der Waals surface area contributed by atoms with Gasteiger partial charge in [-0.05, 0) is 34.1 Å². The predicted molar refractivity (Wildman–Crippen MR) is 68.2 cm³/mol. The number of halogens is 2. The molecule has 19 heavy (non-hydrogen) atoms. The van der Waals surface area contributed by atoms with Crippen molar-refractivity contribution in [2.45, 2.75) is 10.9 Å². The van der Waals surface area contributed by atoms with Crippen molar-refractivity contribution in [3.63, 3.8) is 0 Å². The monoisotopic (exact) mass is 348 g/mol. The van der Waals surface area contributed by atoms with Crippen LogP contribution in [0.3, 0.4) is 0 Å². The average molecular weight is 349 g/mol. The highest BCUT2D eigenvalue weighted by atomic mass is 79.9. The van der Waals surface area contributed by atoms with Crippen LogP contribution in [0.1, 0.15) is 0 Å². The third-order valence-corrected chi connectivity index (χ3v) is 5.24. The number of rotatable bonds is 2. The molecular formula is C11H10BrFN2O3S. The van der Waals surface area contributed by atoms with E-state index in [1.807, 2.05) is 6.07 Å². The molecule has 2 rings (SSSR count). The molecule has 102 valence electrons. The lowest BCUT2D eigenvalue weighted by atomic mass is 10.3. The van der Waals surface area contributed by atoms with Crippen LogP contribution in [0.2, 0.25) is 0 Å². The Morgan fingerprint density at radius 2 is 2.26 bits per heavy atom. The number of morpholine rings is 1. The first-order valence-corrected chi connectivity index (χ1v) is 7.64. The summed E-state index contributed by atoms with van der Waals surface area (Å²) in [6.45, 7) is 0.382. The van der Waals surface area contributed by atoms with Gasteiger partial charge >= 0.3 is 0 Å². The molecule has 0 spiro atoms. The summed E-state index contributed by atoms with van der Waals surface area (Å²) in [5.41, 5.74) is 0. The van der Waals surface area contributed by atoms with Crippen molar-refractivity contribution in [3.05, 3.63) is 28.5 Å². The van der Waals surface area contributed by atoms with Crippen LogP contribution >= 0.6 is 15.9 Å². The van der Waals surface area contributed by atoms with Crippen molar-refractivity contribution in [2.75, 3.05) is 19.8 Å². The Labute approximate surface area is 118 Å². The van der Waals surface area contributed by atoms with E-state index in [9.17, 15) is 12.8 Å². The summed E-state index contributed by atoms with van der Waals surface area (Å²) < 4.78 is 44.2. The van der Waals surface area contributed by atoms with Crippen molar-refractivity contribution >= 4 is 26.0 Å². The van der Waals surface area contributed by atoms with Gasteiger partial charge in [0.25, 0.3) is 0 Å². The molecule has 0 N–H and O–H groups in total. The minimum absolute atomic E-state index is 0.0398. The normalized spacial score (nSPS) is 21.0. The summed E-state index contributed by atoms with van der Waals surface area (Å²) >= 11 is 2.95. The second kappa shape index (κ2) is 5.54. The van der Waals surface area contributed by atoms with Crippen molar-refractivity contribution < 1.29 is 17.5 Å². The number of hydrogen-bond donors (Lipinski definition) is 0. The minimum atomic E-state index is -3.83. The molecule has 1 aliphatic rings. The zero-order valence-corrected chi connectivity index (χ0v) is 12.1. The van der Waals surface area contributed by atoms with Gasteiger partial charge in [-0.15, -0.1) is 0 Å². The third-order valence-electron chi connectivity index (χ3n) is 2.73. The SMILES string of the molecule is N#C[C@@H]1COCCN1S(=O)(=O)c1ccc(F)c(Br)c1. The molecule has 8 heteroatoms. The van der Waals surface area contributed by atoms with Gasteiger partial charge in [-0.25, -0.2) is 12.8 Å². The smallest absolute Gasteiger partial charge is 0.244 e. The van der Waals surface area contributed by atoms with Crippen LogP contribution < -0.4 is 0 Å². The van der Waals surface area contributed by atoms with Crippen LogP contribution in [-0.4, -0.2) is 38.5 Å². The van der Waals surface area contributed by atoms with E-state index in [0.717, 1.165) is 10.4 Å². The molecule has 0 bridgehead atoms. The fourth-order valence-electron chi connectivity index (χ4n) is 1.75. The lowest BCUT2D eigenvalue weighted by molar-refractivity contribution is 0.0511. The number of ether oxygens (including phenoxy) is 1. The Morgan fingerprint density at radius 3 is 2.89 bits per heavy atom. The number of nitriles is 1. The highest BCUT2D eigenvalue weighted by molar-refractivity contribution is 9.10. The molecule has 1 atom stereocenters. The first kappa shape index (κ1) is 14.4. The van der Waals surface area contributed by atoms with Gasteiger partial charge in [0, 0.05) is 6.54 Å². The van der Waals surface area contributed by atoms with Gasteiger partial charge in [0.1, 0.15) is 11.9 Å². The molecule has 0 amide bonds. The molecule has 1 saturated heterocycles. The molecular weight excluding hydrogens is 339 g/mol. The molecule has 1 heterocycles. The summed E-state index contributed by atoms with van der Waals surface area (Å²) in [5.74, 6) is -0.544. The molecule has 0 aliphatic carbocycles. The molecule has 0 radical (unpaired) electrons. The van der Waals surface area contributed by atoms with Gasteiger partial charge in [0.2, 0.25) is 10.0 Å². The summed E-state index contributed by atoms with van der Waals surface area (Å²) in [6, 6.07) is 4.47. The Balaban J connectivity index is 2.41. The largest absolute Gasteiger partial charge is 0.377 e. The van der Waals surface area contributed by atoms with Gasteiger partial charge < -0.3 is 4.74 Å². The lowest BCUT2D eigenvalue weighted by Gasteiger charge is -2.30. The second-order valence-electron chi connectivity index (χ2n) is 3.91. The molecule has 5 nitrogen and oxygen atoms in total. The van der Waals surface area contributed by atoms with Crippen LogP contribution in [-0.2, 0) is 14.8 Å². The topological polar surface area (TPSA) is 70.4 Å². The molecule has 0 saturated carbocycles. The van der Waals surface area contributed by atoms with Crippen molar-refractivity contribution in [1.82, 2.24) is 4.31 Å². The average Bonchev–Trinajstić information content (AvgIpc) is 2.41. The maximum absolute atomic E-state index is 13.1. The van der Waals surface area contributed by atoms with Crippen LogP contribution in [0.15, 0.2) is 27.6 Å². The van der Waals surface area contributed by atoms with E-state index in [4.69, 9.17) is 10.00 Å². The quantitative estimate of drug-likeness (QED) is 0.811. The summed E-state index contributed by atoms with van der Waals surface area (Å²) in [6.07, 6.45) is 0. The van der Waals surface area contributed by atoms with Gasteiger partial charge in [0.15, 0.2) is 0 Å². The van der Waals surface area contributed by atoms with E-state index in [1.165, 1.54) is 12.1 Å². The fourth-order valence-corrected chi connectivity index (χ4v) is 3.82. The summed E-state index contributed by atoms with van der Waals surface area (Å²) in [4.78, 5) is -0.0528. The zero-order chi connectivity index (χ0) is 14.0. The molecule has 1 aliphatic heterocycles. The molecule has 0 aromatic heterocycles. The van der Waals surface area contributed by atoms with Crippen LogP contribution in [0, 0.1) is 17.1 Å². The predicted octanol–water partition coefficient (Wildman–Crippen LogP) is 1.50. The first-order chi connectivity index (χ1) is 8.96. The molecule has 1 fully saturated rings. The highest BCUT2D eigenvalue weighted by Gasteiger charge is 2.34. The highest BCUT2D eigenvalue weighted by Crippen LogP contribution is 2.24. The van der Waals surface area contributed by atoms with Crippen LogP contribution in [0.4, 0.5) is 4.39 Å². The lowest BCUT2D eigenvalue weighted by Crippen LogP contribution is -2.47. The van der Waals surface area contributed by atoms with Crippen molar-refractivity contribution in [3.8, 4) is 6.07 Å². The number of nitrogens with zero attached hydrogens (tertiary/aromatic N) is 2. The maximum atomic E-state index is 13.1. The summed E-state index contributed by atoms with van der Waals surface area (Å²) in [5, 5.41) is 8.97. The van der Waals surface area contributed by atoms with Crippen molar-refractivity contribution in [2.24, 2.45) is 0 Å². The fraction of sp³-hybridized carbons (Fsp3) is 0.364. The van der Waals surface area contributed by atoms with Gasteiger partial charge in [0.05, 0.1) is 28.7 Å². The third kappa shape index (κ3) is 2.79. The van der Waals surface area contributed by atoms with Gasteiger partial charge in [-0.2, -0.15) is 9.57 Å². The van der Waals surface area contributed by atoms with E-state index in [1.54, 1.807) is 0 Å². The Hall–Kier alpha value is -1.01. The molecule has 1 aromatic rings. The Bertz CT molecular complexity index is 629. The number of sulfonamides is 1. The Kier molecular flexibility index (Phi) is 4.20. The van der Waals surface area contributed by atoms with Crippen molar-refractivity contribution in [1.29, 1.82) is 5.26 Å². The molecule has 0 unspecified atom stereocenters. The standard InChI is InChI=1S/C11H10BrFN2O3S/c12-10-5-9(1-2-11(10)13)19(16,17)15-3-4-18-7-8(15)6-14/h1-2,5,8H,3-4,7H2/t8-/m1/s1. The van der Waals surface area contributed by atoms with E-state index in [0.29, 0.717) is 0 Å². The second-order valence-corrected chi connectivity index (χ2v) is 6.66. The zero-order valence-electron chi connectivity index (χ0n) is 9.71. The van der Waals surface area contributed by atoms with Crippen LogP contribution in [0.25, 0.3) is 0 Å². The van der Waals surface area contributed by atoms with E-state index in [-0.39, 0.29) is 29.1 Å². The summed E-state index contributed by atoms with van der Waals surface area (Å²) in [7, 11) is -3.83. The number of hydrogen-bond acceptors (Lipinski definition) is 4.